The number of ether oxygens (including phenoxy) is 3. The van der Waals surface area contributed by atoms with Gasteiger partial charge in [-0.25, -0.2) is 13.6 Å². The summed E-state index contributed by atoms with van der Waals surface area (Å²) < 4.78 is 165. The maximum atomic E-state index is 13.4. The van der Waals surface area contributed by atoms with Crippen LogP contribution in [0.4, 0.5) is 58.4 Å². The fourth-order valence-corrected chi connectivity index (χ4v) is 3.37. The molecular weight excluding hydrogens is 682 g/mol. The van der Waals surface area contributed by atoms with Crippen molar-refractivity contribution in [3.63, 3.8) is 0 Å². The molecule has 0 aliphatic rings. The lowest BCUT2D eigenvalue weighted by Crippen LogP contribution is -2.45. The summed E-state index contributed by atoms with van der Waals surface area (Å²) >= 11 is 0. The van der Waals surface area contributed by atoms with Gasteiger partial charge in [0.15, 0.2) is 0 Å². The zero-order valence-electron chi connectivity index (χ0n) is 23.5. The average Bonchev–Trinajstić information content (AvgIpc) is 2.99. The lowest BCUT2D eigenvalue weighted by atomic mass is 10.2. The Hall–Kier alpha value is -5.16. The molecule has 48 heavy (non-hydrogen) atoms. The van der Waals surface area contributed by atoms with Crippen LogP contribution in [0.15, 0.2) is 84.9 Å². The fraction of sp³-hybridized carbons (Fsp3) is 0.200. The van der Waals surface area contributed by atoms with Gasteiger partial charge in [0.2, 0.25) is 5.91 Å². The fourth-order valence-electron chi connectivity index (χ4n) is 3.37. The molecule has 0 bridgehead atoms. The van der Waals surface area contributed by atoms with E-state index in [1.807, 2.05) is 0 Å². The lowest BCUT2D eigenvalue weighted by molar-refractivity contribution is -0.305. The summed E-state index contributed by atoms with van der Waals surface area (Å²) in [5.74, 6) is -3.09. The third-order valence-electron chi connectivity index (χ3n) is 5.61. The number of rotatable bonds is 12. The standard InChI is InChI=1S/C30H19F12NO5/c31-25(27(33,34)35)29(39,40)47-21-9-1-17(2-10-21)5-15-23(44)43-19-7-13-20(14-8-19)46-24(45)16-6-18-3-11-22(12-4-18)48-30(41,42)26(32)28(36,37)38/h1-16,25-26H,(H,43,44)/b15-5+,16-6+/t25-,26-/m0/s1. The molecule has 0 heterocycles. The van der Waals surface area contributed by atoms with Gasteiger partial charge in [-0.2, -0.15) is 43.9 Å². The maximum Gasteiger partial charge on any atom is 0.439 e. The van der Waals surface area contributed by atoms with Gasteiger partial charge in [0.1, 0.15) is 17.2 Å². The second-order valence-corrected chi connectivity index (χ2v) is 9.38. The van der Waals surface area contributed by atoms with Crippen LogP contribution in [0.25, 0.3) is 12.2 Å². The number of anilines is 1. The minimum Gasteiger partial charge on any atom is -0.430 e. The van der Waals surface area contributed by atoms with E-state index in [-0.39, 0.29) is 22.6 Å². The first-order valence-corrected chi connectivity index (χ1v) is 12.9. The second kappa shape index (κ2) is 14.7. The first kappa shape index (κ1) is 37.3. The molecular formula is C30H19F12NO5. The summed E-state index contributed by atoms with van der Waals surface area (Å²) in [6.07, 6.45) is -26.8. The van der Waals surface area contributed by atoms with Crippen LogP contribution in [-0.4, -0.2) is 48.8 Å². The summed E-state index contributed by atoms with van der Waals surface area (Å²) in [4.78, 5) is 24.3. The van der Waals surface area contributed by atoms with Gasteiger partial charge in [-0.15, -0.1) is 0 Å². The summed E-state index contributed by atoms with van der Waals surface area (Å²) in [5, 5.41) is 2.45. The number of carbonyl (C=O) groups excluding carboxylic acids is 2. The van der Waals surface area contributed by atoms with Crippen LogP contribution in [0.5, 0.6) is 17.2 Å². The van der Waals surface area contributed by atoms with Crippen LogP contribution in [0.1, 0.15) is 11.1 Å². The number of alkyl halides is 12. The summed E-state index contributed by atoms with van der Waals surface area (Å²) in [7, 11) is 0. The Morgan fingerprint density at radius 2 is 0.938 bits per heavy atom. The van der Waals surface area contributed by atoms with E-state index in [2.05, 4.69) is 14.8 Å². The molecule has 2 atom stereocenters. The van der Waals surface area contributed by atoms with E-state index in [1.54, 1.807) is 0 Å². The van der Waals surface area contributed by atoms with Crippen molar-refractivity contribution >= 4 is 29.7 Å². The van der Waals surface area contributed by atoms with Gasteiger partial charge in [0.25, 0.3) is 12.3 Å². The molecule has 258 valence electrons. The molecule has 6 nitrogen and oxygen atoms in total. The van der Waals surface area contributed by atoms with Crippen molar-refractivity contribution < 1.29 is 76.5 Å². The number of carbonyl (C=O) groups is 2. The zero-order chi connectivity index (χ0) is 35.9. The molecule has 3 aromatic carbocycles. The van der Waals surface area contributed by atoms with Crippen molar-refractivity contribution in [1.29, 1.82) is 0 Å². The monoisotopic (exact) mass is 701 g/mol. The molecule has 0 unspecified atom stereocenters. The molecule has 0 aromatic heterocycles. The smallest absolute Gasteiger partial charge is 0.430 e. The van der Waals surface area contributed by atoms with E-state index in [0.717, 1.165) is 60.7 Å². The minimum absolute atomic E-state index is 0.0248. The van der Waals surface area contributed by atoms with Crippen molar-refractivity contribution in [2.45, 2.75) is 36.9 Å². The van der Waals surface area contributed by atoms with Crippen LogP contribution >= 0.6 is 0 Å². The molecule has 0 saturated carbocycles. The third kappa shape index (κ3) is 11.0. The highest BCUT2D eigenvalue weighted by Crippen LogP contribution is 2.38. The molecule has 1 N–H and O–H groups in total. The highest BCUT2D eigenvalue weighted by molar-refractivity contribution is 6.02. The predicted octanol–water partition coefficient (Wildman–Crippen LogP) is 8.70. The number of hydrogen-bond acceptors (Lipinski definition) is 5. The molecule has 3 aromatic rings. The van der Waals surface area contributed by atoms with Gasteiger partial charge in [0.05, 0.1) is 0 Å². The summed E-state index contributed by atoms with van der Waals surface area (Å²) in [6.45, 7) is 0. The van der Waals surface area contributed by atoms with E-state index < -0.39 is 60.3 Å². The Morgan fingerprint density at radius 1 is 0.562 bits per heavy atom. The first-order chi connectivity index (χ1) is 22.2. The molecule has 0 fully saturated rings. The van der Waals surface area contributed by atoms with Gasteiger partial charge in [-0.3, -0.25) is 4.79 Å². The highest BCUT2D eigenvalue weighted by Gasteiger charge is 2.60. The van der Waals surface area contributed by atoms with Gasteiger partial charge in [0, 0.05) is 17.8 Å². The third-order valence-corrected chi connectivity index (χ3v) is 5.61. The number of benzene rings is 3. The number of amides is 1. The Kier molecular flexibility index (Phi) is 11.4. The van der Waals surface area contributed by atoms with Gasteiger partial charge < -0.3 is 19.5 Å². The number of esters is 1. The van der Waals surface area contributed by atoms with Crippen molar-refractivity contribution in [1.82, 2.24) is 0 Å². The van der Waals surface area contributed by atoms with Crippen LogP contribution in [0, 0.1) is 0 Å². The first-order valence-electron chi connectivity index (χ1n) is 12.9. The molecule has 0 radical (unpaired) electrons. The minimum atomic E-state index is -5.85. The van der Waals surface area contributed by atoms with E-state index in [9.17, 15) is 62.3 Å². The van der Waals surface area contributed by atoms with E-state index in [4.69, 9.17) is 4.74 Å². The molecule has 0 aliphatic heterocycles. The lowest BCUT2D eigenvalue weighted by Gasteiger charge is -2.23. The largest absolute Gasteiger partial charge is 0.439 e. The van der Waals surface area contributed by atoms with E-state index >= 15 is 0 Å². The molecule has 0 saturated heterocycles. The van der Waals surface area contributed by atoms with Crippen LogP contribution in [-0.2, 0) is 9.59 Å². The summed E-state index contributed by atoms with van der Waals surface area (Å²) in [5.41, 5.74) is 0.687. The predicted molar refractivity (Wildman–Crippen MR) is 145 cm³/mol. The zero-order valence-corrected chi connectivity index (χ0v) is 23.5. The summed E-state index contributed by atoms with van der Waals surface area (Å²) in [6, 6.07) is 13.0. The van der Waals surface area contributed by atoms with Crippen LogP contribution < -0.4 is 19.5 Å². The van der Waals surface area contributed by atoms with Crippen molar-refractivity contribution in [3.05, 3.63) is 96.1 Å². The molecule has 3 rings (SSSR count). The average molecular weight is 701 g/mol. The van der Waals surface area contributed by atoms with Gasteiger partial charge >= 0.3 is 30.5 Å². The number of nitrogens with one attached hydrogen (secondary N) is 1. The Labute approximate surface area is 262 Å². The maximum absolute atomic E-state index is 13.4. The molecule has 0 aliphatic carbocycles. The van der Waals surface area contributed by atoms with Gasteiger partial charge in [-0.05, 0) is 71.8 Å². The van der Waals surface area contributed by atoms with Crippen molar-refractivity contribution in [2.75, 3.05) is 5.32 Å². The Bertz CT molecular complexity index is 1480. The topological polar surface area (TPSA) is 73.9 Å². The quantitative estimate of drug-likeness (QED) is 0.0886. The normalized spacial score (nSPS) is 14.1. The molecule has 1 amide bonds. The SMILES string of the molecule is O=C(/C=C/c1ccc(OC(F)(F)[C@@H](F)C(F)(F)F)cc1)Nc1ccc(OC(=O)/C=C/c2ccc(OC(F)(F)[C@@H](F)C(F)(F)F)cc2)cc1. The highest BCUT2D eigenvalue weighted by atomic mass is 19.4. The molecule has 0 spiro atoms. The number of hydrogen-bond donors (Lipinski definition) is 1. The molecule has 18 heteroatoms. The van der Waals surface area contributed by atoms with Crippen molar-refractivity contribution in [3.8, 4) is 17.2 Å². The van der Waals surface area contributed by atoms with E-state index in [0.29, 0.717) is 0 Å². The Morgan fingerprint density at radius 3 is 1.33 bits per heavy atom. The van der Waals surface area contributed by atoms with Crippen molar-refractivity contribution in [2.24, 2.45) is 0 Å². The second-order valence-electron chi connectivity index (χ2n) is 9.38. The Balaban J connectivity index is 1.48. The number of halogens is 12. The van der Waals surface area contributed by atoms with Crippen LogP contribution in [0.3, 0.4) is 0 Å². The van der Waals surface area contributed by atoms with Gasteiger partial charge in [-0.1, -0.05) is 24.3 Å². The van der Waals surface area contributed by atoms with Crippen LogP contribution in [0.2, 0.25) is 0 Å². The van der Waals surface area contributed by atoms with E-state index in [1.165, 1.54) is 36.4 Å².